The highest BCUT2D eigenvalue weighted by Gasteiger charge is 2.60. The molecule has 0 saturated carbocycles. The van der Waals surface area contributed by atoms with E-state index in [1.807, 2.05) is 0 Å². The van der Waals surface area contributed by atoms with Crippen molar-refractivity contribution in [3.8, 4) is 0 Å². The molecule has 1 aromatic rings. The van der Waals surface area contributed by atoms with Crippen LogP contribution in [0.5, 0.6) is 0 Å². The van der Waals surface area contributed by atoms with Crippen molar-refractivity contribution >= 4 is 17.7 Å². The summed E-state index contributed by atoms with van der Waals surface area (Å²) in [5.74, 6) is -0.693. The zero-order chi connectivity index (χ0) is 18.2. The molecule has 10 nitrogen and oxygen atoms in total. The maximum atomic E-state index is 12.8. The summed E-state index contributed by atoms with van der Waals surface area (Å²) in [6.07, 6.45) is 1.39. The predicted molar refractivity (Wildman–Crippen MR) is 82.7 cm³/mol. The van der Waals surface area contributed by atoms with Gasteiger partial charge in [0.1, 0.15) is 11.6 Å². The Morgan fingerprint density at radius 3 is 2.84 bits per heavy atom. The van der Waals surface area contributed by atoms with E-state index in [0.717, 1.165) is 0 Å². The minimum atomic E-state index is -1.06. The van der Waals surface area contributed by atoms with Gasteiger partial charge in [-0.3, -0.25) is 14.4 Å². The van der Waals surface area contributed by atoms with Crippen LogP contribution in [0.3, 0.4) is 0 Å². The lowest BCUT2D eigenvalue weighted by Gasteiger charge is -2.51. The van der Waals surface area contributed by atoms with E-state index in [-0.39, 0.29) is 12.5 Å². The Morgan fingerprint density at radius 1 is 1.52 bits per heavy atom. The lowest BCUT2D eigenvalue weighted by molar-refractivity contribution is -0.170. The second-order valence-corrected chi connectivity index (χ2v) is 6.54. The number of nitrogens with zero attached hydrogens (tertiary/aromatic N) is 4. The topological polar surface area (TPSA) is 129 Å². The van der Waals surface area contributed by atoms with Gasteiger partial charge in [0.05, 0.1) is 19.2 Å². The fourth-order valence-electron chi connectivity index (χ4n) is 3.58. The van der Waals surface area contributed by atoms with Crippen LogP contribution in [0.4, 0.5) is 0 Å². The minimum Gasteiger partial charge on any atom is -0.426 e. The fraction of sp³-hybridized carbons (Fsp3) is 0.667. The molecular weight excluding hydrogens is 330 g/mol. The lowest BCUT2D eigenvalue weighted by atomic mass is 9.85. The van der Waals surface area contributed by atoms with Crippen molar-refractivity contribution in [2.45, 2.75) is 50.9 Å². The third-order valence-corrected chi connectivity index (χ3v) is 4.73. The Bertz CT molecular complexity index is 676. The average molecular weight is 351 g/mol. The smallest absolute Gasteiger partial charge is 0.250 e. The molecule has 2 N–H and O–H groups in total. The summed E-state index contributed by atoms with van der Waals surface area (Å²) in [6.45, 7) is 3.71. The molecule has 1 unspecified atom stereocenters. The number of nitrogens with one attached hydrogen (secondary N) is 1. The van der Waals surface area contributed by atoms with Crippen LogP contribution < -0.4 is 5.32 Å². The van der Waals surface area contributed by atoms with Gasteiger partial charge in [-0.1, -0.05) is 0 Å². The largest absolute Gasteiger partial charge is 0.426 e. The summed E-state index contributed by atoms with van der Waals surface area (Å²) < 4.78 is 5.05. The number of β-lactam (4-membered cyclic amide) rings is 1. The number of hydrogen-bond acceptors (Lipinski definition) is 7. The Morgan fingerprint density at radius 2 is 2.28 bits per heavy atom. The Kier molecular flexibility index (Phi) is 4.46. The number of carbonyl (C=O) groups excluding carboxylic acids is 3. The van der Waals surface area contributed by atoms with Crippen LogP contribution in [0, 0.1) is 0 Å². The quantitative estimate of drug-likeness (QED) is 0.628. The number of likely N-dealkylation sites (tertiary alicyclic amines) is 2. The van der Waals surface area contributed by atoms with Crippen LogP contribution in [0.2, 0.25) is 0 Å². The molecule has 3 heterocycles. The van der Waals surface area contributed by atoms with E-state index in [1.54, 1.807) is 4.90 Å². The van der Waals surface area contributed by atoms with Crippen molar-refractivity contribution in [3.05, 3.63) is 12.3 Å². The van der Waals surface area contributed by atoms with Gasteiger partial charge in [-0.05, 0) is 19.8 Å². The van der Waals surface area contributed by atoms with Gasteiger partial charge >= 0.3 is 0 Å². The highest BCUT2D eigenvalue weighted by Crippen LogP contribution is 2.40. The summed E-state index contributed by atoms with van der Waals surface area (Å²) in [6, 6.07) is -1.06. The molecule has 2 aliphatic rings. The number of aromatic nitrogens is 2. The number of carbonyl (C=O) groups is 3. The molecule has 25 heavy (non-hydrogen) atoms. The summed E-state index contributed by atoms with van der Waals surface area (Å²) >= 11 is 0. The number of aliphatic hydroxyl groups is 1. The third kappa shape index (κ3) is 2.97. The fourth-order valence-corrected chi connectivity index (χ4v) is 3.58. The van der Waals surface area contributed by atoms with Gasteiger partial charge in [-0.15, -0.1) is 10.2 Å². The summed E-state index contributed by atoms with van der Waals surface area (Å²) in [4.78, 5) is 39.9. The minimum absolute atomic E-state index is 0.177. The molecule has 2 fully saturated rings. The zero-order valence-corrected chi connectivity index (χ0v) is 14.1. The van der Waals surface area contributed by atoms with Gasteiger partial charge in [0.15, 0.2) is 0 Å². The molecule has 0 aliphatic carbocycles. The first-order valence-electron chi connectivity index (χ1n) is 8.16. The Hall–Kier alpha value is -2.49. The van der Waals surface area contributed by atoms with Crippen molar-refractivity contribution in [3.63, 3.8) is 0 Å². The van der Waals surface area contributed by atoms with Crippen LogP contribution in [0.15, 0.2) is 10.8 Å². The van der Waals surface area contributed by atoms with Crippen LogP contribution in [-0.2, 0) is 20.9 Å². The van der Waals surface area contributed by atoms with Crippen molar-refractivity contribution < 1.29 is 23.9 Å². The van der Waals surface area contributed by atoms with Crippen molar-refractivity contribution in [2.75, 3.05) is 13.1 Å². The van der Waals surface area contributed by atoms with E-state index in [2.05, 4.69) is 15.5 Å². The summed E-state index contributed by atoms with van der Waals surface area (Å²) in [5.41, 5.74) is -0.900. The monoisotopic (exact) mass is 351 g/mol. The highest BCUT2D eigenvalue weighted by molar-refractivity contribution is 5.99. The SMILES string of the molecule is CC(=O)N[C@H](C(=O)N1CCCC12CN(Cc1nnco1)C2=O)[C@@H](C)O. The van der Waals surface area contributed by atoms with Crippen LogP contribution >= 0.6 is 0 Å². The number of aliphatic hydroxyl groups excluding tert-OH is 1. The third-order valence-electron chi connectivity index (χ3n) is 4.73. The van der Waals surface area contributed by atoms with E-state index in [0.29, 0.717) is 31.8 Å². The van der Waals surface area contributed by atoms with Crippen LogP contribution in [-0.4, -0.2) is 73.6 Å². The number of hydrogen-bond donors (Lipinski definition) is 2. The van der Waals surface area contributed by atoms with Gasteiger partial charge in [-0.2, -0.15) is 0 Å². The van der Waals surface area contributed by atoms with Gasteiger partial charge in [0.2, 0.25) is 24.1 Å². The molecule has 0 bridgehead atoms. The van der Waals surface area contributed by atoms with Crippen LogP contribution in [0.1, 0.15) is 32.6 Å². The van der Waals surface area contributed by atoms with E-state index >= 15 is 0 Å². The maximum Gasteiger partial charge on any atom is 0.250 e. The normalized spacial score (nSPS) is 25.0. The number of rotatable bonds is 5. The first kappa shape index (κ1) is 17.3. The molecule has 1 spiro atoms. The molecular formula is C15H21N5O5. The maximum absolute atomic E-state index is 12.8. The zero-order valence-electron chi connectivity index (χ0n) is 14.1. The molecule has 3 atom stereocenters. The van der Waals surface area contributed by atoms with E-state index in [4.69, 9.17) is 4.42 Å². The Balaban J connectivity index is 1.73. The molecule has 3 rings (SSSR count). The molecule has 0 aromatic carbocycles. The van der Waals surface area contributed by atoms with Crippen molar-refractivity contribution in [2.24, 2.45) is 0 Å². The van der Waals surface area contributed by atoms with Crippen molar-refractivity contribution in [1.29, 1.82) is 0 Å². The first-order valence-corrected chi connectivity index (χ1v) is 8.16. The molecule has 2 saturated heterocycles. The standard InChI is InChI=1S/C15H21N5O5/c1-9(21)12(17-10(2)22)13(23)20-5-3-4-15(20)7-19(14(15)24)6-11-18-16-8-25-11/h8-9,12,21H,3-7H2,1-2H3,(H,17,22)/t9-,12+,15?/m1/s1. The lowest BCUT2D eigenvalue weighted by Crippen LogP contribution is -2.74. The average Bonchev–Trinajstić information content (AvgIpc) is 3.21. The number of amides is 3. The molecule has 136 valence electrons. The van der Waals surface area contributed by atoms with Gasteiger partial charge in [0.25, 0.3) is 5.91 Å². The Labute approximate surface area is 144 Å². The van der Waals surface area contributed by atoms with Gasteiger partial charge in [0, 0.05) is 13.5 Å². The summed E-state index contributed by atoms with van der Waals surface area (Å²) in [5, 5.41) is 19.7. The highest BCUT2D eigenvalue weighted by atomic mass is 16.4. The molecule has 10 heteroatoms. The van der Waals surface area contributed by atoms with Gasteiger partial charge < -0.3 is 24.6 Å². The summed E-state index contributed by atoms with van der Waals surface area (Å²) in [7, 11) is 0. The molecule has 1 aromatic heterocycles. The van der Waals surface area contributed by atoms with E-state index in [9.17, 15) is 19.5 Å². The van der Waals surface area contributed by atoms with Crippen LogP contribution in [0.25, 0.3) is 0 Å². The van der Waals surface area contributed by atoms with E-state index in [1.165, 1.54) is 25.1 Å². The molecule has 3 amide bonds. The predicted octanol–water partition coefficient (Wildman–Crippen LogP) is -1.34. The van der Waals surface area contributed by atoms with Gasteiger partial charge in [-0.25, -0.2) is 0 Å². The molecule has 2 aliphatic heterocycles. The molecule has 0 radical (unpaired) electrons. The second-order valence-electron chi connectivity index (χ2n) is 6.54. The second kappa shape index (κ2) is 6.43. The first-order chi connectivity index (χ1) is 11.8. The van der Waals surface area contributed by atoms with E-state index < -0.39 is 29.5 Å². The van der Waals surface area contributed by atoms with Crippen molar-refractivity contribution in [1.82, 2.24) is 25.3 Å².